The van der Waals surface area contributed by atoms with Crippen LogP contribution in [-0.2, 0) is 0 Å². The van der Waals surface area contributed by atoms with E-state index in [1.165, 1.54) is 92.5 Å². The minimum atomic E-state index is 0.908. The lowest BCUT2D eigenvalue weighted by Gasteiger charge is -2.19. The maximum atomic E-state index is 6.40. The number of furan rings is 1. The van der Waals surface area contributed by atoms with Crippen molar-refractivity contribution in [3.05, 3.63) is 170 Å². The van der Waals surface area contributed by atoms with E-state index in [1.54, 1.807) is 0 Å². The van der Waals surface area contributed by atoms with Crippen molar-refractivity contribution < 1.29 is 4.42 Å². The first-order valence-corrected chi connectivity index (χ1v) is 17.7. The summed E-state index contributed by atoms with van der Waals surface area (Å²) in [7, 11) is 0. The van der Waals surface area contributed by atoms with E-state index in [1.807, 2.05) is 6.07 Å². The third kappa shape index (κ3) is 3.75. The van der Waals surface area contributed by atoms with Crippen molar-refractivity contribution in [1.29, 1.82) is 0 Å². The number of hydrogen-bond acceptors (Lipinski definition) is 1. The summed E-state index contributed by atoms with van der Waals surface area (Å²) < 4.78 is 6.40. The molecule has 1 aromatic heterocycles. The molecule has 0 fully saturated rings. The van der Waals surface area contributed by atoms with E-state index in [-0.39, 0.29) is 0 Å². The number of fused-ring (bicyclic) bond motifs is 3. The molecule has 0 amide bonds. The van der Waals surface area contributed by atoms with Crippen LogP contribution >= 0.6 is 0 Å². The van der Waals surface area contributed by atoms with Crippen molar-refractivity contribution in [1.82, 2.24) is 0 Å². The quantitative estimate of drug-likeness (QED) is 0.174. The third-order valence-electron chi connectivity index (χ3n) is 11.4. The van der Waals surface area contributed by atoms with Gasteiger partial charge in [-0.2, -0.15) is 0 Å². The van der Waals surface area contributed by atoms with Gasteiger partial charge in [-0.15, -0.1) is 0 Å². The highest BCUT2D eigenvalue weighted by Crippen LogP contribution is 2.46. The molecule has 0 radical (unpaired) electrons. The second kappa shape index (κ2) is 9.94. The first-order valence-electron chi connectivity index (χ1n) is 17.7. The van der Waals surface area contributed by atoms with E-state index in [9.17, 15) is 0 Å². The Labute approximate surface area is 293 Å². The van der Waals surface area contributed by atoms with Crippen molar-refractivity contribution in [2.24, 2.45) is 0 Å². The van der Waals surface area contributed by atoms with Crippen LogP contribution in [0.15, 0.2) is 174 Å². The highest BCUT2D eigenvalue weighted by atomic mass is 16.3. The molecule has 234 valence electrons. The predicted octanol–water partition coefficient (Wildman–Crippen LogP) is 14.4. The fourth-order valence-corrected chi connectivity index (χ4v) is 9.04. The molecule has 0 spiro atoms. The molecule has 12 rings (SSSR count). The van der Waals surface area contributed by atoms with Gasteiger partial charge in [-0.1, -0.05) is 146 Å². The molecule has 1 nitrogen and oxygen atoms in total. The molecule has 0 bridgehead atoms. The first-order chi connectivity index (χ1) is 25.3. The summed E-state index contributed by atoms with van der Waals surface area (Å²) in [6.07, 6.45) is 0. The van der Waals surface area contributed by atoms with Crippen LogP contribution in [0, 0.1) is 0 Å². The molecule has 0 atom stereocenters. The summed E-state index contributed by atoms with van der Waals surface area (Å²) in [6, 6.07) is 62.8. The zero-order chi connectivity index (χ0) is 33.2. The van der Waals surface area contributed by atoms with Crippen molar-refractivity contribution in [3.8, 4) is 33.4 Å². The van der Waals surface area contributed by atoms with Gasteiger partial charge in [0.15, 0.2) is 0 Å². The van der Waals surface area contributed by atoms with Gasteiger partial charge in [0.2, 0.25) is 0 Å². The van der Waals surface area contributed by atoms with Gasteiger partial charge in [-0.05, 0) is 122 Å². The van der Waals surface area contributed by atoms with Crippen molar-refractivity contribution in [3.63, 3.8) is 0 Å². The Kier molecular flexibility index (Phi) is 5.29. The van der Waals surface area contributed by atoms with Crippen LogP contribution in [0.2, 0.25) is 0 Å². The van der Waals surface area contributed by atoms with Gasteiger partial charge in [0.1, 0.15) is 11.2 Å². The standard InChI is InChI=1S/C50H28O/c1-2-10-45-40(9-1)41-24-20-36(28-46(41)51-45)38-22-19-35(37-21-15-33-13-11-29-5-3-7-31-17-25-42(37)49(33)47(29)31)27-44(38)39-23-16-34-14-12-30-6-4-8-32-18-26-43(39)50(34)48(30)32/h1-28H. The summed E-state index contributed by atoms with van der Waals surface area (Å²) >= 11 is 0. The van der Waals surface area contributed by atoms with Gasteiger partial charge >= 0.3 is 0 Å². The first kappa shape index (κ1) is 27.2. The Balaban J connectivity index is 1.16. The van der Waals surface area contributed by atoms with Gasteiger partial charge in [0, 0.05) is 10.8 Å². The van der Waals surface area contributed by atoms with Crippen LogP contribution in [0.1, 0.15) is 0 Å². The maximum absolute atomic E-state index is 6.40. The number of hydrogen-bond donors (Lipinski definition) is 0. The van der Waals surface area contributed by atoms with E-state index in [0.29, 0.717) is 0 Å². The van der Waals surface area contributed by atoms with Crippen LogP contribution < -0.4 is 0 Å². The summed E-state index contributed by atoms with van der Waals surface area (Å²) in [5.41, 5.74) is 9.07. The summed E-state index contributed by atoms with van der Waals surface area (Å²) in [6.45, 7) is 0. The highest BCUT2D eigenvalue weighted by Gasteiger charge is 2.19. The average molecular weight is 645 g/mol. The lowest BCUT2D eigenvalue weighted by molar-refractivity contribution is 0.669. The Morgan fingerprint density at radius 2 is 0.725 bits per heavy atom. The van der Waals surface area contributed by atoms with Crippen molar-refractivity contribution in [2.75, 3.05) is 0 Å². The average Bonchev–Trinajstić information content (AvgIpc) is 3.57. The maximum Gasteiger partial charge on any atom is 0.136 e. The van der Waals surface area contributed by atoms with Crippen LogP contribution in [0.3, 0.4) is 0 Å². The molecule has 0 saturated carbocycles. The van der Waals surface area contributed by atoms with Gasteiger partial charge in [-0.3, -0.25) is 0 Å². The lowest BCUT2D eigenvalue weighted by atomic mass is 9.85. The number of benzene rings is 11. The van der Waals surface area contributed by atoms with E-state index in [0.717, 1.165) is 27.5 Å². The molecule has 0 saturated heterocycles. The monoisotopic (exact) mass is 644 g/mol. The number of rotatable bonds is 3. The van der Waals surface area contributed by atoms with E-state index in [2.05, 4.69) is 164 Å². The molecule has 51 heavy (non-hydrogen) atoms. The number of para-hydroxylation sites is 1. The van der Waals surface area contributed by atoms with Crippen LogP contribution in [0.5, 0.6) is 0 Å². The largest absolute Gasteiger partial charge is 0.456 e. The van der Waals surface area contributed by atoms with E-state index >= 15 is 0 Å². The molecular formula is C50H28O. The zero-order valence-corrected chi connectivity index (χ0v) is 27.6. The molecule has 0 aliphatic rings. The molecule has 0 aliphatic heterocycles. The third-order valence-corrected chi connectivity index (χ3v) is 11.4. The Hall–Kier alpha value is -6.70. The fourth-order valence-electron chi connectivity index (χ4n) is 9.04. The molecule has 0 unspecified atom stereocenters. The minimum Gasteiger partial charge on any atom is -0.456 e. The highest BCUT2D eigenvalue weighted by molar-refractivity contribution is 6.27. The second-order valence-electron chi connectivity index (χ2n) is 14.0. The Bertz CT molecular complexity index is 3330. The summed E-state index contributed by atoms with van der Waals surface area (Å²) in [5, 5.41) is 17.9. The Morgan fingerprint density at radius 3 is 1.41 bits per heavy atom. The minimum absolute atomic E-state index is 0.908. The normalized spacial score (nSPS) is 12.3. The molecule has 11 aromatic carbocycles. The molecular weight excluding hydrogens is 617 g/mol. The summed E-state index contributed by atoms with van der Waals surface area (Å²) in [4.78, 5) is 0. The molecule has 12 aromatic rings. The van der Waals surface area contributed by atoms with Gasteiger partial charge in [0.25, 0.3) is 0 Å². The molecule has 0 aliphatic carbocycles. The van der Waals surface area contributed by atoms with Crippen LogP contribution in [-0.4, -0.2) is 0 Å². The topological polar surface area (TPSA) is 13.1 Å². The second-order valence-corrected chi connectivity index (χ2v) is 14.0. The van der Waals surface area contributed by atoms with Gasteiger partial charge < -0.3 is 4.42 Å². The SMILES string of the molecule is c1cc2ccc3ccc(-c4ccc(-c5ccc6c(c5)oc5ccccc56)c(-c5ccc6ccc7cccc8ccc5c6c78)c4)c4ccc(c1)c2c34. The van der Waals surface area contributed by atoms with Crippen LogP contribution in [0.4, 0.5) is 0 Å². The smallest absolute Gasteiger partial charge is 0.136 e. The lowest BCUT2D eigenvalue weighted by Crippen LogP contribution is -1.92. The molecule has 1 heteroatoms. The van der Waals surface area contributed by atoms with E-state index in [4.69, 9.17) is 4.42 Å². The van der Waals surface area contributed by atoms with E-state index < -0.39 is 0 Å². The Morgan fingerprint density at radius 1 is 0.255 bits per heavy atom. The van der Waals surface area contributed by atoms with Gasteiger partial charge in [-0.25, -0.2) is 0 Å². The predicted molar refractivity (Wildman–Crippen MR) is 217 cm³/mol. The fraction of sp³-hybridized carbons (Fsp3) is 0. The zero-order valence-electron chi connectivity index (χ0n) is 27.6. The van der Waals surface area contributed by atoms with Gasteiger partial charge in [0.05, 0.1) is 0 Å². The van der Waals surface area contributed by atoms with Crippen molar-refractivity contribution >= 4 is 86.6 Å². The molecule has 1 heterocycles. The van der Waals surface area contributed by atoms with Crippen LogP contribution in [0.25, 0.3) is 120 Å². The van der Waals surface area contributed by atoms with Crippen molar-refractivity contribution in [2.45, 2.75) is 0 Å². The molecule has 0 N–H and O–H groups in total. The summed E-state index contributed by atoms with van der Waals surface area (Å²) in [5.74, 6) is 0.